The van der Waals surface area contributed by atoms with Crippen LogP contribution in [-0.4, -0.2) is 16.7 Å². The molecule has 0 bridgehead atoms. The Hall–Kier alpha value is -6.79. The van der Waals surface area contributed by atoms with Gasteiger partial charge in [-0.1, -0.05) is 102 Å². The van der Waals surface area contributed by atoms with Gasteiger partial charge in [-0.15, -0.1) is 54.1 Å². The number of hydrogen-bond donors (Lipinski definition) is 0. The number of anilines is 3. The first-order chi connectivity index (χ1) is 27.8. The van der Waals surface area contributed by atoms with Crippen LogP contribution in [-0.2, 0) is 20.1 Å². The van der Waals surface area contributed by atoms with Gasteiger partial charge in [-0.3, -0.25) is 0 Å². The van der Waals surface area contributed by atoms with E-state index in [2.05, 4.69) is 130 Å². The van der Waals surface area contributed by atoms with Gasteiger partial charge in [0.15, 0.2) is 11.3 Å². The molecule has 0 spiro atoms. The first-order valence-electron chi connectivity index (χ1n) is 18.7. The van der Waals surface area contributed by atoms with Gasteiger partial charge in [-0.25, -0.2) is 0 Å². The minimum atomic E-state index is -0.00251. The van der Waals surface area contributed by atoms with Crippen molar-refractivity contribution in [3.63, 3.8) is 0 Å². The molecule has 0 amide bonds. The summed E-state index contributed by atoms with van der Waals surface area (Å²) in [7, 11) is 0. The number of ether oxygens (including phenoxy) is 1. The summed E-state index contributed by atoms with van der Waals surface area (Å²) in [6.45, 7) is -0.00251. The number of pyridine rings is 2. The van der Waals surface area contributed by atoms with Crippen molar-refractivity contribution in [3.8, 4) is 34.0 Å². The van der Waals surface area contributed by atoms with E-state index in [0.29, 0.717) is 0 Å². The zero-order chi connectivity index (χ0) is 37.0. The van der Waals surface area contributed by atoms with Gasteiger partial charge in [-0.2, -0.15) is 0 Å². The Morgan fingerprint density at radius 2 is 1.30 bits per heavy atom. The van der Waals surface area contributed by atoms with E-state index in [1.165, 1.54) is 27.4 Å². The number of aromatic nitrogens is 2. The van der Waals surface area contributed by atoms with Gasteiger partial charge in [0, 0.05) is 54.9 Å². The van der Waals surface area contributed by atoms with E-state index in [9.17, 15) is 0 Å². The van der Waals surface area contributed by atoms with E-state index in [4.69, 9.17) is 9.15 Å². The average molecular weight is 908 g/mol. The summed E-state index contributed by atoms with van der Waals surface area (Å²) in [5, 5.41) is 4.49. The maximum absolute atomic E-state index is 6.84. The first-order valence-corrected chi connectivity index (χ1v) is 18.7. The van der Waals surface area contributed by atoms with Crippen molar-refractivity contribution in [2.45, 2.75) is 0 Å². The van der Waals surface area contributed by atoms with Crippen molar-refractivity contribution in [1.82, 2.24) is 9.97 Å². The summed E-state index contributed by atoms with van der Waals surface area (Å²) >= 11 is 0. The van der Waals surface area contributed by atoms with Gasteiger partial charge < -0.3 is 24.0 Å². The molecule has 12 rings (SSSR count). The molecule has 2 aliphatic heterocycles. The summed E-state index contributed by atoms with van der Waals surface area (Å²) < 4.78 is 13.5. The zero-order valence-corrected chi connectivity index (χ0v) is 32.8. The number of para-hydroxylation sites is 1. The van der Waals surface area contributed by atoms with Gasteiger partial charge in [0.2, 0.25) is 0 Å². The number of furan rings is 1. The topological polar surface area (TPSA) is 51.4 Å². The average Bonchev–Trinajstić information content (AvgIpc) is 3.67. The van der Waals surface area contributed by atoms with Crippen molar-refractivity contribution >= 4 is 72.9 Å². The normalized spacial score (nSPS) is 12.1. The standard InChI is InChI=1S/C39H22BN2O2.C11H8N.Ir/c1-2-10-25-23-26(19-18-24(25)9-1)42-33-15-4-3-13-30(33)40-31-21-20-28-27-11-7-12-29(32-14-5-6-22-41-32)37(27)44-38(28)39(31)43-35-17-8-16-34(42)36(35)40;1-2-6-10(7-3-1)11-8-4-5-9-12-11;/h1-11,13-23H;1-6,8-9H;/q2*-1;. The van der Waals surface area contributed by atoms with Crippen LogP contribution in [0.4, 0.5) is 17.1 Å². The molecular weight excluding hydrogens is 878 g/mol. The Labute approximate surface area is 343 Å². The molecule has 57 heavy (non-hydrogen) atoms. The third-order valence-electron chi connectivity index (χ3n) is 10.7. The summed E-state index contributed by atoms with van der Waals surface area (Å²) in [5.41, 5.74) is 12.1. The number of nitrogens with zero attached hydrogens (tertiary/aromatic N) is 3. The fraction of sp³-hybridized carbons (Fsp3) is 0. The molecule has 5 nitrogen and oxygen atoms in total. The monoisotopic (exact) mass is 908 g/mol. The first kappa shape index (κ1) is 34.7. The van der Waals surface area contributed by atoms with Crippen molar-refractivity contribution in [2.24, 2.45) is 0 Å². The van der Waals surface area contributed by atoms with Crippen LogP contribution < -0.4 is 26.0 Å². The quantitative estimate of drug-likeness (QED) is 0.131. The predicted molar refractivity (Wildman–Crippen MR) is 228 cm³/mol. The Morgan fingerprint density at radius 3 is 2.12 bits per heavy atom. The SMILES string of the molecule is [Ir].[c-]1ccc2c(oc3c4c(ccc32)B2c3ccccc3N(c3ccc5ccccc5c3)c3cccc(c32)O4)c1-c1ccccn1.[c-]1ccccc1-c1ccccn1. The molecular formula is C50H30BIrN3O2-2. The molecule has 1 radical (unpaired) electrons. The van der Waals surface area contributed by atoms with Gasteiger partial charge in [0.1, 0.15) is 5.75 Å². The van der Waals surface area contributed by atoms with Crippen molar-refractivity contribution in [3.05, 3.63) is 194 Å². The van der Waals surface area contributed by atoms with Crippen LogP contribution in [0.3, 0.4) is 0 Å². The van der Waals surface area contributed by atoms with Crippen molar-refractivity contribution < 1.29 is 29.3 Å². The summed E-state index contributed by atoms with van der Waals surface area (Å²) in [6.07, 6.45) is 3.59. The second kappa shape index (κ2) is 14.4. The van der Waals surface area contributed by atoms with Crippen LogP contribution in [0.2, 0.25) is 0 Å². The molecule has 0 saturated carbocycles. The number of rotatable bonds is 3. The Morgan fingerprint density at radius 1 is 0.544 bits per heavy atom. The molecule has 0 aliphatic carbocycles. The second-order valence-electron chi connectivity index (χ2n) is 13.9. The van der Waals surface area contributed by atoms with Gasteiger partial charge in [0.25, 0.3) is 6.71 Å². The van der Waals surface area contributed by atoms with E-state index in [0.717, 1.165) is 72.8 Å². The van der Waals surface area contributed by atoms with Crippen molar-refractivity contribution in [1.29, 1.82) is 0 Å². The van der Waals surface area contributed by atoms with Crippen LogP contribution in [0.15, 0.2) is 187 Å². The molecule has 10 aromatic rings. The van der Waals surface area contributed by atoms with Gasteiger partial charge >= 0.3 is 0 Å². The van der Waals surface area contributed by atoms with E-state index in [1.807, 2.05) is 66.7 Å². The molecule has 0 saturated heterocycles. The Bertz CT molecular complexity index is 3050. The molecule has 0 atom stereocenters. The van der Waals surface area contributed by atoms with E-state index in [-0.39, 0.29) is 26.8 Å². The second-order valence-corrected chi connectivity index (χ2v) is 13.9. The third-order valence-corrected chi connectivity index (χ3v) is 10.7. The zero-order valence-electron chi connectivity index (χ0n) is 30.4. The minimum Gasteiger partial charge on any atom is -0.497 e. The summed E-state index contributed by atoms with van der Waals surface area (Å²) in [5.74, 6) is 1.62. The number of fused-ring (bicyclic) bond motifs is 9. The molecule has 0 unspecified atom stereocenters. The molecule has 7 aromatic carbocycles. The fourth-order valence-electron chi connectivity index (χ4n) is 8.26. The van der Waals surface area contributed by atoms with Crippen LogP contribution in [0.25, 0.3) is 55.2 Å². The predicted octanol–water partition coefficient (Wildman–Crippen LogP) is 10.6. The van der Waals surface area contributed by atoms with Crippen LogP contribution in [0.1, 0.15) is 0 Å². The van der Waals surface area contributed by atoms with Crippen LogP contribution in [0, 0.1) is 12.1 Å². The van der Waals surface area contributed by atoms with E-state index in [1.54, 1.807) is 12.4 Å². The van der Waals surface area contributed by atoms with Gasteiger partial charge in [-0.05, 0) is 81.0 Å². The fourth-order valence-corrected chi connectivity index (χ4v) is 8.26. The Balaban J connectivity index is 0.000000262. The Kier molecular flexibility index (Phi) is 8.75. The largest absolute Gasteiger partial charge is 0.497 e. The number of hydrogen-bond acceptors (Lipinski definition) is 5. The van der Waals surface area contributed by atoms with Crippen LogP contribution in [0.5, 0.6) is 11.5 Å². The summed E-state index contributed by atoms with van der Waals surface area (Å²) in [4.78, 5) is 11.2. The molecule has 0 fully saturated rings. The summed E-state index contributed by atoms with van der Waals surface area (Å²) in [6, 6.07) is 64.8. The molecule has 271 valence electrons. The minimum absolute atomic E-state index is 0. The van der Waals surface area contributed by atoms with E-state index < -0.39 is 0 Å². The number of benzene rings is 7. The van der Waals surface area contributed by atoms with E-state index >= 15 is 0 Å². The molecule has 7 heteroatoms. The molecule has 0 N–H and O–H groups in total. The maximum Gasteiger partial charge on any atom is 0.256 e. The smallest absolute Gasteiger partial charge is 0.256 e. The van der Waals surface area contributed by atoms with Gasteiger partial charge in [0.05, 0.1) is 5.58 Å². The molecule has 3 aromatic heterocycles. The molecule has 5 heterocycles. The maximum atomic E-state index is 6.84. The van der Waals surface area contributed by atoms with Crippen molar-refractivity contribution in [2.75, 3.05) is 4.90 Å². The van der Waals surface area contributed by atoms with Crippen LogP contribution >= 0.6 is 0 Å². The molecule has 2 aliphatic rings. The third kappa shape index (κ3) is 5.83.